The van der Waals surface area contributed by atoms with Crippen LogP contribution in [0.25, 0.3) is 0 Å². The first-order valence-corrected chi connectivity index (χ1v) is 5.74. The average Bonchev–Trinajstić information content (AvgIpc) is 1.99. The van der Waals surface area contributed by atoms with E-state index in [1.54, 1.807) is 0 Å². The molecule has 1 heteroatoms. The van der Waals surface area contributed by atoms with Crippen molar-refractivity contribution in [3.05, 3.63) is 0 Å². The topological polar surface area (TPSA) is 0 Å². The maximum atomic E-state index is 6.23. The summed E-state index contributed by atoms with van der Waals surface area (Å²) in [5, 5.41) is 0.490. The van der Waals surface area contributed by atoms with Gasteiger partial charge in [-0.25, -0.2) is 0 Å². The van der Waals surface area contributed by atoms with Crippen LogP contribution in [0.2, 0.25) is 0 Å². The fourth-order valence-corrected chi connectivity index (χ4v) is 3.71. The van der Waals surface area contributed by atoms with E-state index >= 15 is 0 Å². The van der Waals surface area contributed by atoms with Crippen molar-refractivity contribution in [2.24, 2.45) is 23.7 Å². The van der Waals surface area contributed by atoms with E-state index in [-0.39, 0.29) is 0 Å². The van der Waals surface area contributed by atoms with Gasteiger partial charge in [-0.05, 0) is 49.4 Å². The Morgan fingerprint density at radius 3 is 2.50 bits per heavy atom. The molecule has 0 N–H and O–H groups in total. The smallest absolute Gasteiger partial charge is 0.0341 e. The SMILES string of the molecule is CC1CC2CC(Cl)CC(C2)[C@H]1C. The number of rotatable bonds is 0. The van der Waals surface area contributed by atoms with Gasteiger partial charge in [-0.2, -0.15) is 0 Å². The van der Waals surface area contributed by atoms with Crippen LogP contribution in [0.1, 0.15) is 39.5 Å². The lowest BCUT2D eigenvalue weighted by Gasteiger charge is -2.44. The highest BCUT2D eigenvalue weighted by molar-refractivity contribution is 6.20. The van der Waals surface area contributed by atoms with Crippen LogP contribution in [0.4, 0.5) is 0 Å². The molecule has 0 amide bonds. The molecule has 2 fully saturated rings. The summed E-state index contributed by atoms with van der Waals surface area (Å²) in [5.41, 5.74) is 0. The molecule has 0 radical (unpaired) electrons. The van der Waals surface area contributed by atoms with Crippen molar-refractivity contribution in [3.8, 4) is 0 Å². The number of hydrogen-bond donors (Lipinski definition) is 0. The van der Waals surface area contributed by atoms with Crippen molar-refractivity contribution in [2.45, 2.75) is 44.9 Å². The second-order valence-electron chi connectivity index (χ2n) is 5.00. The molecule has 0 saturated heterocycles. The minimum atomic E-state index is 0.490. The van der Waals surface area contributed by atoms with E-state index in [9.17, 15) is 0 Å². The fraction of sp³-hybridized carbons (Fsp3) is 1.00. The summed E-state index contributed by atoms with van der Waals surface area (Å²) in [6, 6.07) is 0. The Hall–Kier alpha value is 0.290. The lowest BCUT2D eigenvalue weighted by atomic mass is 9.63. The van der Waals surface area contributed by atoms with E-state index in [2.05, 4.69) is 13.8 Å². The van der Waals surface area contributed by atoms with E-state index in [0.717, 1.165) is 23.7 Å². The number of halogens is 1. The third kappa shape index (κ3) is 1.51. The van der Waals surface area contributed by atoms with Gasteiger partial charge in [0.1, 0.15) is 0 Å². The normalized spacial score (nSPS) is 53.8. The Balaban J connectivity index is 2.07. The van der Waals surface area contributed by atoms with Gasteiger partial charge in [-0.3, -0.25) is 0 Å². The first-order valence-electron chi connectivity index (χ1n) is 5.31. The van der Waals surface area contributed by atoms with Crippen LogP contribution < -0.4 is 0 Å². The highest BCUT2D eigenvalue weighted by atomic mass is 35.5. The highest BCUT2D eigenvalue weighted by Crippen LogP contribution is 2.46. The van der Waals surface area contributed by atoms with Crippen LogP contribution >= 0.6 is 11.6 Å². The van der Waals surface area contributed by atoms with Crippen LogP contribution in [-0.4, -0.2) is 5.38 Å². The second-order valence-corrected chi connectivity index (χ2v) is 5.62. The first-order chi connectivity index (χ1) is 5.66. The van der Waals surface area contributed by atoms with Crippen LogP contribution in [-0.2, 0) is 0 Å². The van der Waals surface area contributed by atoms with Gasteiger partial charge in [0.25, 0.3) is 0 Å². The minimum Gasteiger partial charge on any atom is -0.123 e. The molecule has 0 aromatic rings. The second kappa shape index (κ2) is 3.21. The predicted octanol–water partition coefficient (Wildman–Crippen LogP) is 3.69. The summed E-state index contributed by atoms with van der Waals surface area (Å²) in [4.78, 5) is 0. The lowest BCUT2D eigenvalue weighted by molar-refractivity contribution is 0.0853. The van der Waals surface area contributed by atoms with Gasteiger partial charge in [0.2, 0.25) is 0 Å². The van der Waals surface area contributed by atoms with Crippen LogP contribution in [0.5, 0.6) is 0 Å². The highest BCUT2D eigenvalue weighted by Gasteiger charge is 2.38. The number of hydrogen-bond acceptors (Lipinski definition) is 0. The quantitative estimate of drug-likeness (QED) is 0.507. The minimum absolute atomic E-state index is 0.490. The molecular weight excluding hydrogens is 168 g/mol. The molecule has 0 aromatic carbocycles. The Kier molecular flexibility index (Phi) is 2.37. The summed E-state index contributed by atoms with van der Waals surface area (Å²) < 4.78 is 0. The molecule has 0 nitrogen and oxygen atoms in total. The van der Waals surface area contributed by atoms with Gasteiger partial charge in [0.05, 0.1) is 0 Å². The standard InChI is InChI=1S/C11H19Cl/c1-7-3-9-4-10(8(7)2)6-11(12)5-9/h7-11H,3-6H2,1-2H3/t7?,8-,9?,10?,11?/m0/s1. The zero-order valence-corrected chi connectivity index (χ0v) is 8.85. The first kappa shape index (κ1) is 8.87. The van der Waals surface area contributed by atoms with Gasteiger partial charge in [-0.1, -0.05) is 13.8 Å². The molecule has 0 aliphatic heterocycles. The molecule has 4 unspecified atom stereocenters. The Bertz CT molecular complexity index is 162. The Morgan fingerprint density at radius 2 is 1.75 bits per heavy atom. The zero-order valence-electron chi connectivity index (χ0n) is 8.09. The molecule has 2 aliphatic carbocycles. The van der Waals surface area contributed by atoms with Crippen molar-refractivity contribution >= 4 is 11.6 Å². The maximum Gasteiger partial charge on any atom is 0.0341 e. The summed E-state index contributed by atoms with van der Waals surface area (Å²) in [6.07, 6.45) is 5.47. The van der Waals surface area contributed by atoms with Crippen LogP contribution in [0.3, 0.4) is 0 Å². The molecule has 2 aliphatic rings. The van der Waals surface area contributed by atoms with Crippen molar-refractivity contribution < 1.29 is 0 Å². The van der Waals surface area contributed by atoms with Gasteiger partial charge in [-0.15, -0.1) is 11.6 Å². The Morgan fingerprint density at radius 1 is 1.00 bits per heavy atom. The van der Waals surface area contributed by atoms with Crippen LogP contribution in [0.15, 0.2) is 0 Å². The molecule has 0 heterocycles. The van der Waals surface area contributed by atoms with Gasteiger partial charge >= 0.3 is 0 Å². The molecule has 0 aromatic heterocycles. The van der Waals surface area contributed by atoms with Gasteiger partial charge < -0.3 is 0 Å². The monoisotopic (exact) mass is 186 g/mol. The van der Waals surface area contributed by atoms with Gasteiger partial charge in [0, 0.05) is 5.38 Å². The fourth-order valence-electron chi connectivity index (χ4n) is 3.23. The number of alkyl halides is 1. The predicted molar refractivity (Wildman–Crippen MR) is 53.4 cm³/mol. The van der Waals surface area contributed by atoms with Gasteiger partial charge in [0.15, 0.2) is 0 Å². The Labute approximate surface area is 80.7 Å². The van der Waals surface area contributed by atoms with E-state index in [4.69, 9.17) is 11.6 Å². The maximum absolute atomic E-state index is 6.23. The summed E-state index contributed by atoms with van der Waals surface area (Å²) in [7, 11) is 0. The summed E-state index contributed by atoms with van der Waals surface area (Å²) in [6.45, 7) is 4.83. The molecule has 5 atom stereocenters. The lowest BCUT2D eigenvalue weighted by Crippen LogP contribution is -2.36. The van der Waals surface area contributed by atoms with E-state index in [1.807, 2.05) is 0 Å². The van der Waals surface area contributed by atoms with Crippen molar-refractivity contribution in [3.63, 3.8) is 0 Å². The molecule has 12 heavy (non-hydrogen) atoms. The van der Waals surface area contributed by atoms with E-state index in [1.165, 1.54) is 25.7 Å². The van der Waals surface area contributed by atoms with Crippen molar-refractivity contribution in [1.82, 2.24) is 0 Å². The molecule has 2 bridgehead atoms. The molecule has 0 spiro atoms. The molecule has 70 valence electrons. The average molecular weight is 187 g/mol. The molecular formula is C11H19Cl. The third-order valence-corrected chi connectivity index (χ3v) is 4.49. The van der Waals surface area contributed by atoms with Crippen molar-refractivity contribution in [1.29, 1.82) is 0 Å². The summed E-state index contributed by atoms with van der Waals surface area (Å²) in [5.74, 6) is 3.76. The van der Waals surface area contributed by atoms with E-state index in [0.29, 0.717) is 5.38 Å². The molecule has 2 rings (SSSR count). The zero-order chi connectivity index (χ0) is 8.72. The van der Waals surface area contributed by atoms with E-state index < -0.39 is 0 Å². The van der Waals surface area contributed by atoms with Crippen LogP contribution in [0, 0.1) is 23.7 Å². The largest absolute Gasteiger partial charge is 0.123 e. The van der Waals surface area contributed by atoms with Crippen molar-refractivity contribution in [2.75, 3.05) is 0 Å². The third-order valence-electron chi connectivity index (χ3n) is 4.13. The summed E-state index contributed by atoms with van der Waals surface area (Å²) >= 11 is 6.23. The number of fused-ring (bicyclic) bond motifs is 2. The molecule has 2 saturated carbocycles.